The normalized spacial score (nSPS) is 42.6. The van der Waals surface area contributed by atoms with Crippen LogP contribution in [-0.2, 0) is 11.8 Å². The van der Waals surface area contributed by atoms with Crippen LogP contribution in [0.2, 0.25) is 0 Å². The van der Waals surface area contributed by atoms with Crippen LogP contribution in [0.25, 0.3) is 0 Å². The number of hydrogen-bond donors (Lipinski definition) is 2. The van der Waals surface area contributed by atoms with Gasteiger partial charge in [0.1, 0.15) is 5.75 Å². The van der Waals surface area contributed by atoms with Crippen LogP contribution in [0.3, 0.4) is 0 Å². The zero-order valence-electron chi connectivity index (χ0n) is 20.2. The number of hydrogen-bond acceptors (Lipinski definition) is 2. The van der Waals surface area contributed by atoms with E-state index in [0.29, 0.717) is 29.0 Å². The second-order valence-corrected chi connectivity index (χ2v) is 14.0. The van der Waals surface area contributed by atoms with Crippen LogP contribution >= 0.6 is 9.24 Å². The summed E-state index contributed by atoms with van der Waals surface area (Å²) in [5.41, 5.74) is 5.21. The second-order valence-electron chi connectivity index (χ2n) is 12.9. The van der Waals surface area contributed by atoms with Crippen molar-refractivity contribution >= 4 is 9.24 Å². The highest BCUT2D eigenvalue weighted by Crippen LogP contribution is 2.77. The molecule has 6 rings (SSSR count). The molecule has 166 valence electrons. The van der Waals surface area contributed by atoms with Gasteiger partial charge >= 0.3 is 0 Å². The lowest BCUT2D eigenvalue weighted by Gasteiger charge is -2.77. The molecule has 30 heavy (non-hydrogen) atoms. The molecule has 4 aliphatic carbocycles. The van der Waals surface area contributed by atoms with Crippen molar-refractivity contribution in [3.05, 3.63) is 28.8 Å². The lowest BCUT2D eigenvalue weighted by molar-refractivity contribution is -0.180. The van der Waals surface area contributed by atoms with Crippen molar-refractivity contribution in [1.29, 1.82) is 0 Å². The number of phenolic OH excluding ortho intramolecular Hbond substituents is 1. The number of piperidine rings is 1. The third kappa shape index (κ3) is 2.19. The average Bonchev–Trinajstić information content (AvgIpc) is 2.65. The third-order valence-electron chi connectivity index (χ3n) is 11.4. The predicted molar refractivity (Wildman–Crippen MR) is 129 cm³/mol. The van der Waals surface area contributed by atoms with Gasteiger partial charge in [-0.05, 0) is 102 Å². The molecule has 4 fully saturated rings. The summed E-state index contributed by atoms with van der Waals surface area (Å²) < 4.78 is 0. The molecule has 4 bridgehead atoms. The number of benzene rings is 1. The van der Waals surface area contributed by atoms with Crippen molar-refractivity contribution in [1.82, 2.24) is 5.32 Å². The summed E-state index contributed by atoms with van der Waals surface area (Å²) in [4.78, 5) is 0. The molecule has 2 N–H and O–H groups in total. The highest BCUT2D eigenvalue weighted by Gasteiger charge is 2.75. The molecule has 0 aromatic heterocycles. The fourth-order valence-electron chi connectivity index (χ4n) is 8.89. The van der Waals surface area contributed by atoms with Crippen LogP contribution in [0.5, 0.6) is 5.75 Å². The van der Waals surface area contributed by atoms with Gasteiger partial charge in [-0.2, -0.15) is 0 Å². The molecule has 3 saturated carbocycles. The van der Waals surface area contributed by atoms with Gasteiger partial charge in [-0.25, -0.2) is 0 Å². The first-order chi connectivity index (χ1) is 13.8. The first-order valence-corrected chi connectivity index (χ1v) is 12.7. The number of rotatable bonds is 1. The molecule has 1 heterocycles. The lowest BCUT2D eigenvalue weighted by Crippen LogP contribution is -2.78. The van der Waals surface area contributed by atoms with E-state index in [-0.39, 0.29) is 21.4 Å². The molecule has 2 nitrogen and oxygen atoms in total. The molecular weight excluding hydrogens is 385 g/mol. The summed E-state index contributed by atoms with van der Waals surface area (Å²) in [6.07, 6.45) is 6.29. The van der Waals surface area contributed by atoms with Gasteiger partial charge in [0.2, 0.25) is 0 Å². The van der Waals surface area contributed by atoms with Crippen molar-refractivity contribution in [3.63, 3.8) is 0 Å². The van der Waals surface area contributed by atoms with Gasteiger partial charge in [0.25, 0.3) is 0 Å². The smallest absolute Gasteiger partial charge is 0.118 e. The number of aromatic hydroxyl groups is 1. The van der Waals surface area contributed by atoms with Crippen LogP contribution in [0.4, 0.5) is 0 Å². The molecule has 0 radical (unpaired) electrons. The topological polar surface area (TPSA) is 32.3 Å². The Labute approximate surface area is 186 Å². The van der Waals surface area contributed by atoms with E-state index in [4.69, 9.17) is 0 Å². The van der Waals surface area contributed by atoms with E-state index >= 15 is 0 Å². The molecule has 1 saturated heterocycles. The van der Waals surface area contributed by atoms with E-state index in [2.05, 4.69) is 69.1 Å². The predicted octanol–water partition coefficient (Wildman–Crippen LogP) is 5.98. The van der Waals surface area contributed by atoms with Crippen molar-refractivity contribution in [2.75, 3.05) is 6.54 Å². The van der Waals surface area contributed by atoms with Gasteiger partial charge in [-0.3, -0.25) is 0 Å². The molecular formula is C27H42NOP. The molecule has 1 spiro atoms. The summed E-state index contributed by atoms with van der Waals surface area (Å²) in [6, 6.07) is 4.73. The SMILES string of the molecule is Cc1c(O)ccc2c1C13CCNC(C2)C12CCC(P)(C(C(C)(C)C(C)(C)C)C2)C3C. The molecule has 3 heteroatoms. The molecule has 7 unspecified atom stereocenters. The summed E-state index contributed by atoms with van der Waals surface area (Å²) in [6.45, 7) is 18.3. The van der Waals surface area contributed by atoms with Gasteiger partial charge in [-0.15, -0.1) is 9.24 Å². The van der Waals surface area contributed by atoms with Crippen molar-refractivity contribution < 1.29 is 5.11 Å². The summed E-state index contributed by atoms with van der Waals surface area (Å²) in [5, 5.41) is 15.0. The van der Waals surface area contributed by atoms with Gasteiger partial charge in [0.15, 0.2) is 0 Å². The minimum atomic E-state index is 0.184. The Morgan fingerprint density at radius 1 is 1.10 bits per heavy atom. The standard InChI is InChI=1S/C27H42NOP/c1-16-19(29)9-8-18-14-21-25-10-11-27(30,20(15-25)24(6,7)23(3,4)5)17(2)26(25,22(16)18)12-13-28-21/h8-9,17,20-21,28-29H,10-15,30H2,1-7H3. The van der Waals surface area contributed by atoms with Crippen molar-refractivity contribution in [3.8, 4) is 5.75 Å². The van der Waals surface area contributed by atoms with Crippen LogP contribution in [-0.4, -0.2) is 22.8 Å². The molecule has 1 aromatic rings. The largest absolute Gasteiger partial charge is 0.508 e. The Bertz CT molecular complexity index is 901. The van der Waals surface area contributed by atoms with Crippen LogP contribution < -0.4 is 5.32 Å². The maximum Gasteiger partial charge on any atom is 0.118 e. The van der Waals surface area contributed by atoms with Gasteiger partial charge < -0.3 is 10.4 Å². The molecule has 0 amide bonds. The van der Waals surface area contributed by atoms with Crippen LogP contribution in [0, 0.1) is 35.0 Å². The van der Waals surface area contributed by atoms with Crippen LogP contribution in [0.1, 0.15) is 83.9 Å². The minimum Gasteiger partial charge on any atom is -0.508 e. The molecule has 5 aliphatic rings. The van der Waals surface area contributed by atoms with E-state index < -0.39 is 0 Å². The highest BCUT2D eigenvalue weighted by atomic mass is 31.0. The number of phenols is 1. The summed E-state index contributed by atoms with van der Waals surface area (Å²) >= 11 is 0. The van der Waals surface area contributed by atoms with E-state index in [9.17, 15) is 5.11 Å². The Morgan fingerprint density at radius 2 is 1.80 bits per heavy atom. The fourth-order valence-corrected chi connectivity index (χ4v) is 9.85. The molecule has 1 aromatic carbocycles. The van der Waals surface area contributed by atoms with E-state index in [1.54, 1.807) is 0 Å². The summed E-state index contributed by atoms with van der Waals surface area (Å²) in [7, 11) is 3.46. The maximum absolute atomic E-state index is 10.7. The van der Waals surface area contributed by atoms with Gasteiger partial charge in [0, 0.05) is 11.5 Å². The molecule has 7 atom stereocenters. The fraction of sp³-hybridized carbons (Fsp3) is 0.778. The average molecular weight is 428 g/mol. The van der Waals surface area contributed by atoms with Crippen molar-refractivity contribution in [2.24, 2.45) is 28.1 Å². The lowest BCUT2D eigenvalue weighted by atomic mass is 9.31. The van der Waals surface area contributed by atoms with E-state index in [1.165, 1.54) is 36.8 Å². The van der Waals surface area contributed by atoms with Crippen molar-refractivity contribution in [2.45, 2.75) is 97.2 Å². The van der Waals surface area contributed by atoms with E-state index in [1.807, 2.05) is 6.07 Å². The summed E-state index contributed by atoms with van der Waals surface area (Å²) in [5.74, 6) is 1.77. The highest BCUT2D eigenvalue weighted by molar-refractivity contribution is 7.19. The van der Waals surface area contributed by atoms with Gasteiger partial charge in [-0.1, -0.05) is 47.6 Å². The zero-order valence-corrected chi connectivity index (χ0v) is 21.3. The third-order valence-corrected chi connectivity index (χ3v) is 12.6. The molecule has 1 aliphatic heterocycles. The Kier molecular flexibility index (Phi) is 4.29. The first-order valence-electron chi connectivity index (χ1n) is 12.2. The van der Waals surface area contributed by atoms with Crippen LogP contribution in [0.15, 0.2) is 12.1 Å². The Morgan fingerprint density at radius 3 is 2.47 bits per heavy atom. The maximum atomic E-state index is 10.7. The minimum absolute atomic E-state index is 0.184. The first kappa shape index (κ1) is 21.3. The number of fused-ring (bicyclic) bond motifs is 3. The second kappa shape index (κ2) is 6.05. The monoisotopic (exact) mass is 427 g/mol. The Balaban J connectivity index is 1.77. The van der Waals surface area contributed by atoms with E-state index in [0.717, 1.165) is 18.5 Å². The Hall–Kier alpha value is -0.590. The van der Waals surface area contributed by atoms with Gasteiger partial charge in [0.05, 0.1) is 0 Å². The zero-order chi connectivity index (χ0) is 21.9. The quantitative estimate of drug-likeness (QED) is 0.541. The number of nitrogens with one attached hydrogen (secondary N) is 1.